The van der Waals surface area contributed by atoms with Gasteiger partial charge in [0.2, 0.25) is 21.7 Å². The molecule has 152 valence electrons. The van der Waals surface area contributed by atoms with Crippen LogP contribution in [0.1, 0.15) is 5.89 Å². The Balaban J connectivity index is 1.44. The van der Waals surface area contributed by atoms with E-state index in [4.69, 9.17) is 16.1 Å². The molecule has 0 N–H and O–H groups in total. The van der Waals surface area contributed by atoms with Crippen molar-refractivity contribution >= 4 is 27.4 Å². The van der Waals surface area contributed by atoms with Crippen LogP contribution in [0.15, 0.2) is 45.9 Å². The van der Waals surface area contributed by atoms with E-state index in [1.54, 1.807) is 13.1 Å². The Morgan fingerprint density at radius 2 is 1.90 bits per heavy atom. The Morgan fingerprint density at radius 3 is 2.48 bits per heavy atom. The third-order valence-electron chi connectivity index (χ3n) is 4.63. The SMILES string of the molecule is Cc1nc(-c2ccc(N3CCN(S(=O)(=O)c4ccc(F)c(Cl)c4)CC3)nc2)no1. The quantitative estimate of drug-likeness (QED) is 0.619. The van der Waals surface area contributed by atoms with Gasteiger partial charge < -0.3 is 9.42 Å². The van der Waals surface area contributed by atoms with Crippen molar-refractivity contribution in [3.63, 3.8) is 0 Å². The summed E-state index contributed by atoms with van der Waals surface area (Å²) in [7, 11) is -3.74. The lowest BCUT2D eigenvalue weighted by Crippen LogP contribution is -2.48. The maximum absolute atomic E-state index is 13.3. The van der Waals surface area contributed by atoms with Gasteiger partial charge in [0.05, 0.1) is 9.92 Å². The van der Waals surface area contributed by atoms with Crippen LogP contribution in [0.2, 0.25) is 5.02 Å². The molecule has 3 aromatic rings. The summed E-state index contributed by atoms with van der Waals surface area (Å²) in [6.07, 6.45) is 1.66. The van der Waals surface area contributed by atoms with Crippen LogP contribution in [0.4, 0.5) is 10.2 Å². The van der Waals surface area contributed by atoms with Gasteiger partial charge in [0.25, 0.3) is 0 Å². The predicted octanol–water partition coefficient (Wildman–Crippen LogP) is 2.74. The molecule has 1 saturated heterocycles. The van der Waals surface area contributed by atoms with Gasteiger partial charge in [-0.05, 0) is 30.3 Å². The molecule has 1 aliphatic rings. The van der Waals surface area contributed by atoms with Gasteiger partial charge in [-0.15, -0.1) is 0 Å². The molecule has 1 fully saturated rings. The van der Waals surface area contributed by atoms with Gasteiger partial charge in [0, 0.05) is 44.9 Å². The lowest BCUT2D eigenvalue weighted by molar-refractivity contribution is 0.384. The zero-order chi connectivity index (χ0) is 20.6. The van der Waals surface area contributed by atoms with E-state index in [9.17, 15) is 12.8 Å². The highest BCUT2D eigenvalue weighted by atomic mass is 35.5. The molecule has 4 rings (SSSR count). The van der Waals surface area contributed by atoms with Crippen molar-refractivity contribution < 1.29 is 17.3 Å². The third-order valence-corrected chi connectivity index (χ3v) is 6.81. The van der Waals surface area contributed by atoms with Crippen molar-refractivity contribution in [2.75, 3.05) is 31.1 Å². The van der Waals surface area contributed by atoms with Gasteiger partial charge in [-0.3, -0.25) is 0 Å². The minimum absolute atomic E-state index is 0.0183. The molecule has 0 aliphatic carbocycles. The maximum atomic E-state index is 13.3. The summed E-state index contributed by atoms with van der Waals surface area (Å²) in [4.78, 5) is 10.6. The molecule has 1 aliphatic heterocycles. The van der Waals surface area contributed by atoms with Crippen LogP contribution >= 0.6 is 11.6 Å². The molecule has 0 saturated carbocycles. The number of piperazine rings is 1. The van der Waals surface area contributed by atoms with Crippen LogP contribution in [0, 0.1) is 12.7 Å². The van der Waals surface area contributed by atoms with Gasteiger partial charge in [-0.25, -0.2) is 17.8 Å². The normalized spacial score (nSPS) is 15.6. The molecule has 29 heavy (non-hydrogen) atoms. The van der Waals surface area contributed by atoms with Crippen molar-refractivity contribution in [1.29, 1.82) is 0 Å². The van der Waals surface area contributed by atoms with E-state index < -0.39 is 15.8 Å². The summed E-state index contributed by atoms with van der Waals surface area (Å²) in [5.41, 5.74) is 0.736. The first-order chi connectivity index (χ1) is 13.8. The Hall–Kier alpha value is -2.56. The molecule has 0 amide bonds. The average molecular weight is 438 g/mol. The van der Waals surface area contributed by atoms with Gasteiger partial charge in [-0.2, -0.15) is 9.29 Å². The highest BCUT2D eigenvalue weighted by Gasteiger charge is 2.29. The summed E-state index contributed by atoms with van der Waals surface area (Å²) < 4.78 is 45.2. The molecular formula is C18H17ClFN5O3S. The molecule has 0 radical (unpaired) electrons. The molecule has 3 heterocycles. The number of aromatic nitrogens is 3. The van der Waals surface area contributed by atoms with Crippen molar-refractivity contribution in [2.45, 2.75) is 11.8 Å². The first kappa shape index (κ1) is 19.7. The highest BCUT2D eigenvalue weighted by molar-refractivity contribution is 7.89. The van der Waals surface area contributed by atoms with E-state index in [-0.39, 0.29) is 23.0 Å². The van der Waals surface area contributed by atoms with Crippen molar-refractivity contribution in [3.8, 4) is 11.4 Å². The summed E-state index contributed by atoms with van der Waals surface area (Å²) >= 11 is 5.73. The number of anilines is 1. The minimum Gasteiger partial charge on any atom is -0.354 e. The number of rotatable bonds is 4. The number of nitrogens with zero attached hydrogens (tertiary/aromatic N) is 5. The number of halogens is 2. The molecule has 0 atom stereocenters. The summed E-state index contributed by atoms with van der Waals surface area (Å²) in [6, 6.07) is 7.10. The lowest BCUT2D eigenvalue weighted by Gasteiger charge is -2.34. The smallest absolute Gasteiger partial charge is 0.243 e. The van der Waals surface area contributed by atoms with Crippen LogP contribution in [0.5, 0.6) is 0 Å². The minimum atomic E-state index is -3.74. The fourth-order valence-electron chi connectivity index (χ4n) is 3.07. The molecular weight excluding hydrogens is 421 g/mol. The fourth-order valence-corrected chi connectivity index (χ4v) is 4.76. The standard InChI is InChI=1S/C18H17ClFN5O3S/c1-12-22-18(23-28-12)13-2-5-17(21-11-13)24-6-8-25(9-7-24)29(26,27)14-3-4-16(20)15(19)10-14/h2-5,10-11H,6-9H2,1H3. The molecule has 1 aromatic carbocycles. The van der Waals surface area contributed by atoms with Crippen molar-refractivity contribution in [2.24, 2.45) is 0 Å². The van der Waals surface area contributed by atoms with E-state index in [0.29, 0.717) is 24.8 Å². The zero-order valence-electron chi connectivity index (χ0n) is 15.4. The first-order valence-electron chi connectivity index (χ1n) is 8.81. The van der Waals surface area contributed by atoms with Gasteiger partial charge in [-0.1, -0.05) is 16.8 Å². The Kier molecular flexibility index (Phi) is 5.24. The number of hydrogen-bond donors (Lipinski definition) is 0. The predicted molar refractivity (Wildman–Crippen MR) is 105 cm³/mol. The maximum Gasteiger partial charge on any atom is 0.243 e. The Morgan fingerprint density at radius 1 is 1.14 bits per heavy atom. The number of hydrogen-bond acceptors (Lipinski definition) is 7. The van der Waals surface area contributed by atoms with E-state index in [2.05, 4.69) is 15.1 Å². The van der Waals surface area contributed by atoms with E-state index in [0.717, 1.165) is 23.5 Å². The van der Waals surface area contributed by atoms with Crippen LogP contribution in [0.3, 0.4) is 0 Å². The summed E-state index contributed by atoms with van der Waals surface area (Å²) in [5.74, 6) is 1.02. The van der Waals surface area contributed by atoms with Gasteiger partial charge in [0.15, 0.2) is 0 Å². The molecule has 0 bridgehead atoms. The number of benzene rings is 1. The average Bonchev–Trinajstić information content (AvgIpc) is 3.16. The molecule has 11 heteroatoms. The Bertz CT molecular complexity index is 1130. The third kappa shape index (κ3) is 3.96. The second-order valence-corrected chi connectivity index (χ2v) is 8.85. The van der Waals surface area contributed by atoms with Crippen LogP contribution in [0.25, 0.3) is 11.4 Å². The monoisotopic (exact) mass is 437 g/mol. The molecule has 2 aromatic heterocycles. The second-order valence-electron chi connectivity index (χ2n) is 6.51. The molecule has 8 nitrogen and oxygen atoms in total. The first-order valence-corrected chi connectivity index (χ1v) is 10.6. The van der Waals surface area contributed by atoms with Crippen LogP contribution in [-0.4, -0.2) is 54.0 Å². The zero-order valence-corrected chi connectivity index (χ0v) is 17.0. The topological polar surface area (TPSA) is 92.4 Å². The number of pyridine rings is 1. The van der Waals surface area contributed by atoms with Crippen molar-refractivity contribution in [3.05, 3.63) is 53.3 Å². The largest absolute Gasteiger partial charge is 0.354 e. The summed E-state index contributed by atoms with van der Waals surface area (Å²) in [6.45, 7) is 3.23. The van der Waals surface area contributed by atoms with E-state index in [1.807, 2.05) is 17.0 Å². The number of aryl methyl sites for hydroxylation is 1. The van der Waals surface area contributed by atoms with Gasteiger partial charge in [0.1, 0.15) is 11.6 Å². The molecule has 0 unspecified atom stereocenters. The summed E-state index contributed by atoms with van der Waals surface area (Å²) in [5, 5.41) is 3.64. The van der Waals surface area contributed by atoms with E-state index >= 15 is 0 Å². The fraction of sp³-hybridized carbons (Fsp3) is 0.278. The lowest BCUT2D eigenvalue weighted by atomic mass is 10.2. The van der Waals surface area contributed by atoms with Crippen LogP contribution in [-0.2, 0) is 10.0 Å². The second kappa shape index (κ2) is 7.69. The number of sulfonamides is 1. The van der Waals surface area contributed by atoms with Crippen LogP contribution < -0.4 is 4.90 Å². The van der Waals surface area contributed by atoms with Crippen molar-refractivity contribution in [1.82, 2.24) is 19.4 Å². The van der Waals surface area contributed by atoms with Gasteiger partial charge >= 0.3 is 0 Å². The van der Waals surface area contributed by atoms with E-state index in [1.165, 1.54) is 10.4 Å². The Labute approximate surface area is 172 Å². The molecule has 0 spiro atoms. The highest BCUT2D eigenvalue weighted by Crippen LogP contribution is 2.25.